The monoisotopic (exact) mass is 267 g/mol. The molecule has 0 radical (unpaired) electrons. The molecule has 0 aromatic carbocycles. The number of rotatable bonds is 4. The molecular weight excluding hydrogens is 242 g/mol. The van der Waals surface area contributed by atoms with Crippen LogP contribution in [0, 0.1) is 0 Å². The maximum atomic E-state index is 11.9. The van der Waals surface area contributed by atoms with Crippen molar-refractivity contribution in [2.75, 3.05) is 39.3 Å². The number of piperidine rings is 2. The van der Waals surface area contributed by atoms with Gasteiger partial charge >= 0.3 is 0 Å². The van der Waals surface area contributed by atoms with E-state index in [1.54, 1.807) is 0 Å². The molecule has 5 nitrogen and oxygen atoms in total. The van der Waals surface area contributed by atoms with Crippen LogP contribution in [0.5, 0.6) is 0 Å². The highest BCUT2D eigenvalue weighted by Gasteiger charge is 2.18. The molecule has 0 atom stereocenters. The van der Waals surface area contributed by atoms with Crippen LogP contribution in [0.4, 0.5) is 0 Å². The minimum atomic E-state index is 0.131. The van der Waals surface area contributed by atoms with Gasteiger partial charge in [0.1, 0.15) is 0 Å². The Balaban J connectivity index is 1.62. The van der Waals surface area contributed by atoms with Crippen LogP contribution in [0.25, 0.3) is 0 Å². The molecule has 2 heterocycles. The van der Waals surface area contributed by atoms with Gasteiger partial charge in [-0.1, -0.05) is 0 Å². The van der Waals surface area contributed by atoms with E-state index in [1.807, 2.05) is 9.80 Å². The Morgan fingerprint density at radius 3 is 1.42 bits per heavy atom. The van der Waals surface area contributed by atoms with Crippen molar-refractivity contribution >= 4 is 11.8 Å². The molecule has 2 rings (SSSR count). The van der Waals surface area contributed by atoms with Crippen molar-refractivity contribution in [2.24, 2.45) is 0 Å². The lowest BCUT2D eigenvalue weighted by molar-refractivity contribution is -0.132. The number of carbonyl (C=O) groups excluding carboxylic acids is 2. The van der Waals surface area contributed by atoms with Crippen LogP contribution in [0.15, 0.2) is 0 Å². The summed E-state index contributed by atoms with van der Waals surface area (Å²) in [5.74, 6) is 0.261. The number of hydrogen-bond donors (Lipinski definition) is 1. The molecule has 2 saturated heterocycles. The minimum absolute atomic E-state index is 0.131. The fourth-order valence-electron chi connectivity index (χ4n) is 2.79. The number of hydrogen-bond acceptors (Lipinski definition) is 3. The summed E-state index contributed by atoms with van der Waals surface area (Å²) in [5, 5.41) is 3.00. The summed E-state index contributed by atoms with van der Waals surface area (Å²) >= 11 is 0. The Kier molecular flexibility index (Phi) is 5.63. The summed E-state index contributed by atoms with van der Waals surface area (Å²) in [5.41, 5.74) is 0. The van der Waals surface area contributed by atoms with Gasteiger partial charge in [-0.25, -0.2) is 0 Å². The van der Waals surface area contributed by atoms with Crippen LogP contribution >= 0.6 is 0 Å². The molecular formula is C14H25N3O2. The Hall–Kier alpha value is -1.10. The van der Waals surface area contributed by atoms with Crippen LogP contribution in [0.1, 0.15) is 38.5 Å². The fraction of sp³-hybridized carbons (Fsp3) is 0.857. The average Bonchev–Trinajstić information content (AvgIpc) is 2.49. The number of nitrogens with one attached hydrogen (secondary N) is 1. The third kappa shape index (κ3) is 4.49. The second kappa shape index (κ2) is 7.48. The van der Waals surface area contributed by atoms with E-state index >= 15 is 0 Å². The topological polar surface area (TPSA) is 52.7 Å². The normalized spacial score (nSPS) is 20.4. The predicted molar refractivity (Wildman–Crippen MR) is 73.7 cm³/mol. The Morgan fingerprint density at radius 1 is 0.684 bits per heavy atom. The number of likely N-dealkylation sites (tertiary alicyclic amines) is 2. The maximum Gasteiger partial charge on any atom is 0.236 e. The Bertz CT molecular complexity index is 278. The van der Waals surface area contributed by atoms with E-state index in [4.69, 9.17) is 0 Å². The van der Waals surface area contributed by atoms with Crippen LogP contribution in [0.2, 0.25) is 0 Å². The zero-order valence-corrected chi connectivity index (χ0v) is 11.7. The third-order valence-corrected chi connectivity index (χ3v) is 3.97. The van der Waals surface area contributed by atoms with Gasteiger partial charge in [0.15, 0.2) is 0 Å². The first kappa shape index (κ1) is 14.3. The van der Waals surface area contributed by atoms with Gasteiger partial charge in [-0.3, -0.25) is 14.9 Å². The summed E-state index contributed by atoms with van der Waals surface area (Å²) in [7, 11) is 0. The van der Waals surface area contributed by atoms with E-state index < -0.39 is 0 Å². The molecule has 2 aliphatic rings. The van der Waals surface area contributed by atoms with Crippen molar-refractivity contribution in [1.29, 1.82) is 0 Å². The third-order valence-electron chi connectivity index (χ3n) is 3.97. The van der Waals surface area contributed by atoms with E-state index in [1.165, 1.54) is 12.8 Å². The Labute approximate surface area is 115 Å². The second-order valence-corrected chi connectivity index (χ2v) is 5.49. The molecule has 0 unspecified atom stereocenters. The van der Waals surface area contributed by atoms with E-state index in [-0.39, 0.29) is 11.8 Å². The van der Waals surface area contributed by atoms with Crippen LogP contribution in [-0.2, 0) is 9.59 Å². The fourth-order valence-corrected chi connectivity index (χ4v) is 2.79. The molecule has 0 aliphatic carbocycles. The van der Waals surface area contributed by atoms with Gasteiger partial charge in [0.25, 0.3) is 0 Å². The second-order valence-electron chi connectivity index (χ2n) is 5.49. The van der Waals surface area contributed by atoms with Crippen molar-refractivity contribution in [1.82, 2.24) is 15.1 Å². The van der Waals surface area contributed by atoms with Crippen molar-refractivity contribution < 1.29 is 9.59 Å². The molecule has 0 saturated carbocycles. The first-order valence-corrected chi connectivity index (χ1v) is 7.53. The first-order valence-electron chi connectivity index (χ1n) is 7.53. The lowest BCUT2D eigenvalue weighted by Crippen LogP contribution is -2.45. The van der Waals surface area contributed by atoms with E-state index in [9.17, 15) is 9.59 Å². The van der Waals surface area contributed by atoms with E-state index in [0.29, 0.717) is 13.1 Å². The highest BCUT2D eigenvalue weighted by molar-refractivity contribution is 5.81. The molecule has 2 aliphatic heterocycles. The molecule has 2 amide bonds. The highest BCUT2D eigenvalue weighted by atomic mass is 16.2. The summed E-state index contributed by atoms with van der Waals surface area (Å²) < 4.78 is 0. The standard InChI is InChI=1S/C14H25N3O2/c18-13(16-7-3-1-4-8-16)11-15-12-14(19)17-9-5-2-6-10-17/h15H,1-12H2. The minimum Gasteiger partial charge on any atom is -0.342 e. The summed E-state index contributed by atoms with van der Waals surface area (Å²) in [4.78, 5) is 27.6. The predicted octanol–water partition coefficient (Wildman–Crippen LogP) is 0.601. The average molecular weight is 267 g/mol. The van der Waals surface area contributed by atoms with Crippen LogP contribution < -0.4 is 5.32 Å². The lowest BCUT2D eigenvalue weighted by Gasteiger charge is -2.28. The van der Waals surface area contributed by atoms with E-state index in [2.05, 4.69) is 5.32 Å². The number of amides is 2. The first-order chi connectivity index (χ1) is 9.27. The molecule has 1 N–H and O–H groups in total. The van der Waals surface area contributed by atoms with Crippen LogP contribution in [-0.4, -0.2) is 60.9 Å². The highest BCUT2D eigenvalue weighted by Crippen LogP contribution is 2.09. The molecule has 0 aromatic heterocycles. The van der Waals surface area contributed by atoms with Gasteiger partial charge in [-0.2, -0.15) is 0 Å². The SMILES string of the molecule is O=C(CNCC(=O)N1CCCCC1)N1CCCCC1. The van der Waals surface area contributed by atoms with Gasteiger partial charge < -0.3 is 9.80 Å². The largest absolute Gasteiger partial charge is 0.342 e. The molecule has 2 fully saturated rings. The summed E-state index contributed by atoms with van der Waals surface area (Å²) in [6.45, 7) is 4.08. The zero-order chi connectivity index (χ0) is 13.5. The summed E-state index contributed by atoms with van der Waals surface area (Å²) in [6.07, 6.45) is 6.89. The van der Waals surface area contributed by atoms with E-state index in [0.717, 1.165) is 51.9 Å². The zero-order valence-electron chi connectivity index (χ0n) is 11.7. The van der Waals surface area contributed by atoms with Crippen molar-refractivity contribution in [2.45, 2.75) is 38.5 Å². The van der Waals surface area contributed by atoms with Crippen molar-refractivity contribution in [3.8, 4) is 0 Å². The summed E-state index contributed by atoms with van der Waals surface area (Å²) in [6, 6.07) is 0. The molecule has 0 spiro atoms. The molecule has 5 heteroatoms. The van der Waals surface area contributed by atoms with Crippen molar-refractivity contribution in [3.63, 3.8) is 0 Å². The van der Waals surface area contributed by atoms with Gasteiger partial charge in [0.2, 0.25) is 11.8 Å². The lowest BCUT2D eigenvalue weighted by atomic mass is 10.1. The smallest absolute Gasteiger partial charge is 0.236 e. The molecule has 108 valence electrons. The van der Waals surface area contributed by atoms with Crippen LogP contribution in [0.3, 0.4) is 0 Å². The van der Waals surface area contributed by atoms with Gasteiger partial charge in [-0.15, -0.1) is 0 Å². The number of carbonyl (C=O) groups is 2. The molecule has 0 aromatic rings. The number of nitrogens with zero attached hydrogens (tertiary/aromatic N) is 2. The van der Waals surface area contributed by atoms with Crippen molar-refractivity contribution in [3.05, 3.63) is 0 Å². The van der Waals surface area contributed by atoms with Gasteiger partial charge in [-0.05, 0) is 38.5 Å². The molecule has 0 bridgehead atoms. The molecule has 19 heavy (non-hydrogen) atoms. The van der Waals surface area contributed by atoms with Gasteiger partial charge in [0, 0.05) is 26.2 Å². The maximum absolute atomic E-state index is 11.9. The quantitative estimate of drug-likeness (QED) is 0.811. The van der Waals surface area contributed by atoms with Gasteiger partial charge in [0.05, 0.1) is 13.1 Å². The Morgan fingerprint density at radius 2 is 1.05 bits per heavy atom.